The molecule has 0 aromatic heterocycles. The summed E-state index contributed by atoms with van der Waals surface area (Å²) < 4.78 is 0.0411. The van der Waals surface area contributed by atoms with Gasteiger partial charge in [-0.15, -0.1) is 0 Å². The summed E-state index contributed by atoms with van der Waals surface area (Å²) in [6.45, 7) is 0. The average Bonchev–Trinajstić information content (AvgIpc) is 1.82. The van der Waals surface area contributed by atoms with E-state index >= 15 is 0 Å². The number of carbonyl (C=O) groups is 2. The van der Waals surface area contributed by atoms with Crippen LogP contribution in [0.2, 0.25) is 0 Å². The van der Waals surface area contributed by atoms with E-state index in [-0.39, 0.29) is 4.76 Å². The molecule has 0 saturated heterocycles. The van der Waals surface area contributed by atoms with Crippen LogP contribution in [0.1, 0.15) is 0 Å². The van der Waals surface area contributed by atoms with Gasteiger partial charge < -0.3 is 5.11 Å². The zero-order valence-corrected chi connectivity index (χ0v) is 5.27. The summed E-state index contributed by atoms with van der Waals surface area (Å²) in [5, 5.41) is 7.98. The maximum atomic E-state index is 10.3. The predicted octanol–water partition coefficient (Wildman–Crippen LogP) is -0.438. The van der Waals surface area contributed by atoms with Crippen molar-refractivity contribution >= 4 is 11.9 Å². The Hall–Kier alpha value is -1.52. The van der Waals surface area contributed by atoms with Crippen molar-refractivity contribution in [2.24, 2.45) is 0 Å². The Morgan fingerprint density at radius 3 is 2.20 bits per heavy atom. The highest BCUT2D eigenvalue weighted by Crippen LogP contribution is 1.76. The van der Waals surface area contributed by atoms with Crippen LogP contribution in [0.25, 0.3) is 0 Å². The zero-order chi connectivity index (χ0) is 8.15. The first kappa shape index (κ1) is 8.48. The molecule has 5 heteroatoms. The third-order valence-corrected chi connectivity index (χ3v) is 0.679. The van der Waals surface area contributed by atoms with Crippen LogP contribution < -0.4 is 0 Å². The molecule has 1 N–H and O–H groups in total. The van der Waals surface area contributed by atoms with E-state index in [2.05, 4.69) is 0 Å². The molecule has 10 heavy (non-hydrogen) atoms. The summed E-state index contributed by atoms with van der Waals surface area (Å²) in [5.41, 5.74) is 0. The van der Waals surface area contributed by atoms with E-state index in [1.165, 1.54) is 0 Å². The molecular weight excluding hydrogens is 138 g/mol. The van der Waals surface area contributed by atoms with Crippen molar-refractivity contribution < 1.29 is 19.5 Å². The highest BCUT2D eigenvalue weighted by atomic mass is 16.4. The summed E-state index contributed by atoms with van der Waals surface area (Å²) in [6.07, 6.45) is 1.30. The monoisotopic (exact) mass is 144 g/mol. The SMILES string of the molecule is C[N+](=O)C(=O)C=CC(=O)O. The lowest BCUT2D eigenvalue weighted by Crippen LogP contribution is -2.09. The maximum absolute atomic E-state index is 10.3. The fourth-order valence-corrected chi connectivity index (χ4v) is 0.248. The molecule has 0 aromatic carbocycles. The van der Waals surface area contributed by atoms with Gasteiger partial charge in [0, 0.05) is 11.0 Å². The Labute approximate surface area is 56.5 Å². The van der Waals surface area contributed by atoms with Gasteiger partial charge in [-0.25, -0.2) is 9.59 Å². The number of nitrogens with zero attached hydrogens (tertiary/aromatic N) is 1. The normalized spacial score (nSPS) is 9.70. The lowest BCUT2D eigenvalue weighted by Gasteiger charge is -1.74. The molecule has 0 aliphatic heterocycles. The fourth-order valence-electron chi connectivity index (χ4n) is 0.248. The van der Waals surface area contributed by atoms with Gasteiger partial charge in [-0.05, 0) is 0 Å². The molecule has 0 fully saturated rings. The Balaban J connectivity index is 4.03. The minimum Gasteiger partial charge on any atom is -0.478 e. The molecule has 0 aliphatic rings. The lowest BCUT2D eigenvalue weighted by molar-refractivity contribution is -0.433. The van der Waals surface area contributed by atoms with Crippen LogP contribution in [0.15, 0.2) is 12.2 Å². The molecule has 0 heterocycles. The number of hydrogen-bond acceptors (Lipinski definition) is 3. The Morgan fingerprint density at radius 1 is 1.40 bits per heavy atom. The van der Waals surface area contributed by atoms with Crippen LogP contribution in [-0.4, -0.2) is 28.8 Å². The standard InChI is InChI=1S/C5H5NO4/c1-6(10)4(7)2-3-5(8)9/h2-3H,1H3/p+1. The molecule has 0 atom stereocenters. The Kier molecular flexibility index (Phi) is 2.96. The molecule has 0 bridgehead atoms. The molecule has 0 rings (SSSR count). The smallest absolute Gasteiger partial charge is 0.457 e. The molecule has 0 aliphatic carbocycles. The summed E-state index contributed by atoms with van der Waals surface area (Å²) in [5.74, 6) is -2.14. The van der Waals surface area contributed by atoms with Crippen molar-refractivity contribution in [1.29, 1.82) is 0 Å². The molecule has 5 nitrogen and oxygen atoms in total. The molecule has 0 radical (unpaired) electrons. The first-order valence-corrected chi connectivity index (χ1v) is 2.40. The minimum absolute atomic E-state index is 0.0411. The summed E-state index contributed by atoms with van der Waals surface area (Å²) in [6, 6.07) is 0. The third-order valence-electron chi connectivity index (χ3n) is 0.679. The van der Waals surface area contributed by atoms with Gasteiger partial charge in [0.25, 0.3) is 0 Å². The molecule has 0 unspecified atom stereocenters. The maximum Gasteiger partial charge on any atom is 0.457 e. The van der Waals surface area contributed by atoms with E-state index in [0.717, 1.165) is 7.05 Å². The number of nitroso groups, excluding NO2 is 1. The first-order valence-electron chi connectivity index (χ1n) is 2.40. The van der Waals surface area contributed by atoms with Crippen molar-refractivity contribution in [3.05, 3.63) is 17.1 Å². The fraction of sp³-hybridized carbons (Fsp3) is 0.200. The van der Waals surface area contributed by atoms with Gasteiger partial charge in [0.1, 0.15) is 0 Å². The van der Waals surface area contributed by atoms with Crippen molar-refractivity contribution in [1.82, 2.24) is 0 Å². The van der Waals surface area contributed by atoms with Crippen LogP contribution in [0, 0.1) is 4.91 Å². The lowest BCUT2D eigenvalue weighted by atomic mass is 10.5. The van der Waals surface area contributed by atoms with E-state index in [1.54, 1.807) is 0 Å². The zero-order valence-electron chi connectivity index (χ0n) is 5.27. The van der Waals surface area contributed by atoms with E-state index in [1.807, 2.05) is 0 Å². The van der Waals surface area contributed by atoms with Gasteiger partial charge >= 0.3 is 11.9 Å². The largest absolute Gasteiger partial charge is 0.478 e. The topological polar surface area (TPSA) is 74.5 Å². The number of rotatable bonds is 2. The van der Waals surface area contributed by atoms with E-state index in [4.69, 9.17) is 5.11 Å². The third kappa shape index (κ3) is 3.48. The highest BCUT2D eigenvalue weighted by molar-refractivity contribution is 5.89. The Bertz CT molecular complexity index is 206. The van der Waals surface area contributed by atoms with Crippen LogP contribution in [0.5, 0.6) is 0 Å². The van der Waals surface area contributed by atoms with Crippen molar-refractivity contribution in [3.8, 4) is 0 Å². The van der Waals surface area contributed by atoms with Crippen molar-refractivity contribution in [2.75, 3.05) is 7.05 Å². The number of aliphatic carboxylic acids is 1. The second-order valence-corrected chi connectivity index (χ2v) is 1.51. The van der Waals surface area contributed by atoms with Crippen molar-refractivity contribution in [2.45, 2.75) is 0 Å². The number of likely N-dealkylation sites (N-methyl/N-ethyl adjacent to an activating group) is 1. The van der Waals surface area contributed by atoms with Gasteiger partial charge in [0.05, 0.1) is 10.8 Å². The first-order chi connectivity index (χ1) is 4.54. The second kappa shape index (κ2) is 3.49. The summed E-state index contributed by atoms with van der Waals surface area (Å²) in [4.78, 5) is 30.2. The quantitative estimate of drug-likeness (QED) is 0.421. The predicted molar refractivity (Wildman–Crippen MR) is 31.3 cm³/mol. The number of carboxylic acid groups (broad SMARTS) is 1. The molecule has 0 saturated carbocycles. The number of hydrogen-bond donors (Lipinski definition) is 1. The molecule has 1 amide bonds. The van der Waals surface area contributed by atoms with Crippen LogP contribution in [0.3, 0.4) is 0 Å². The molecular formula is C5H6NO4+. The van der Waals surface area contributed by atoms with Gasteiger partial charge in [-0.1, -0.05) is 0 Å². The molecule has 54 valence electrons. The minimum atomic E-state index is -1.25. The van der Waals surface area contributed by atoms with Crippen LogP contribution in [-0.2, 0) is 9.59 Å². The second-order valence-electron chi connectivity index (χ2n) is 1.51. The average molecular weight is 144 g/mol. The molecule has 0 spiro atoms. The van der Waals surface area contributed by atoms with E-state index in [0.29, 0.717) is 12.2 Å². The van der Waals surface area contributed by atoms with Crippen LogP contribution in [0.4, 0.5) is 0 Å². The van der Waals surface area contributed by atoms with Gasteiger partial charge in [-0.3, -0.25) is 0 Å². The van der Waals surface area contributed by atoms with Crippen molar-refractivity contribution in [3.63, 3.8) is 0 Å². The number of carboxylic acids is 1. The Morgan fingerprint density at radius 2 is 1.90 bits per heavy atom. The van der Waals surface area contributed by atoms with E-state index in [9.17, 15) is 14.5 Å². The van der Waals surface area contributed by atoms with Gasteiger partial charge in [0.15, 0.2) is 7.05 Å². The number of carbonyl (C=O) groups excluding carboxylic acids is 1. The van der Waals surface area contributed by atoms with E-state index < -0.39 is 11.9 Å². The van der Waals surface area contributed by atoms with Crippen LogP contribution >= 0.6 is 0 Å². The highest BCUT2D eigenvalue weighted by Gasteiger charge is 2.10. The summed E-state index contributed by atoms with van der Waals surface area (Å²) >= 11 is 0. The number of amides is 1. The molecule has 0 aromatic rings. The summed E-state index contributed by atoms with van der Waals surface area (Å²) in [7, 11) is 0.995. The van der Waals surface area contributed by atoms with Gasteiger partial charge in [-0.2, -0.15) is 0 Å². The van der Waals surface area contributed by atoms with Gasteiger partial charge in [0.2, 0.25) is 0 Å².